The second-order valence-electron chi connectivity index (χ2n) is 7.83. The second kappa shape index (κ2) is 12.1. The summed E-state index contributed by atoms with van der Waals surface area (Å²) in [6.07, 6.45) is 0.807. The molecule has 35 heavy (non-hydrogen) atoms. The Bertz CT molecular complexity index is 1270. The van der Waals surface area contributed by atoms with Gasteiger partial charge in [0, 0.05) is 13.6 Å². The van der Waals surface area contributed by atoms with E-state index in [0.717, 1.165) is 18.2 Å². The van der Waals surface area contributed by atoms with Crippen molar-refractivity contribution in [1.29, 1.82) is 0 Å². The van der Waals surface area contributed by atoms with E-state index in [2.05, 4.69) is 16.0 Å². The zero-order chi connectivity index (χ0) is 25.4. The second-order valence-corrected chi connectivity index (χ2v) is 8.81. The van der Waals surface area contributed by atoms with Gasteiger partial charge in [0.05, 0.1) is 34.1 Å². The molecule has 0 fully saturated rings. The van der Waals surface area contributed by atoms with E-state index < -0.39 is 0 Å². The summed E-state index contributed by atoms with van der Waals surface area (Å²) in [5.74, 6) is -0.964. The Morgan fingerprint density at radius 1 is 0.914 bits per heavy atom. The van der Waals surface area contributed by atoms with Crippen LogP contribution in [0.5, 0.6) is 0 Å². The summed E-state index contributed by atoms with van der Waals surface area (Å²) in [4.78, 5) is 50.1. The highest BCUT2D eigenvalue weighted by atomic mass is 32.2. The average molecular weight is 496 g/mol. The van der Waals surface area contributed by atoms with E-state index in [-0.39, 0.29) is 40.5 Å². The molecule has 3 N–H and O–H groups in total. The molecular weight excluding hydrogens is 466 g/mol. The van der Waals surface area contributed by atoms with E-state index >= 15 is 0 Å². The maximum absolute atomic E-state index is 12.9. The Balaban J connectivity index is 1.56. The van der Waals surface area contributed by atoms with Crippen LogP contribution in [0.4, 0.5) is 11.4 Å². The maximum Gasteiger partial charge on any atom is 0.295 e. The molecule has 2 aromatic carbocycles. The van der Waals surface area contributed by atoms with Crippen molar-refractivity contribution in [3.8, 4) is 5.69 Å². The van der Waals surface area contributed by atoms with Gasteiger partial charge in [-0.2, -0.15) is 0 Å². The number of hydrogen-bond acceptors (Lipinski definition) is 5. The van der Waals surface area contributed by atoms with E-state index in [1.165, 1.54) is 4.68 Å². The third-order valence-corrected chi connectivity index (χ3v) is 6.20. The fourth-order valence-corrected chi connectivity index (χ4v) is 4.05. The molecule has 0 spiro atoms. The normalized spacial score (nSPS) is 10.6. The molecule has 0 bridgehead atoms. The van der Waals surface area contributed by atoms with Crippen LogP contribution in [0.25, 0.3) is 5.69 Å². The molecule has 0 aliphatic heterocycles. The number of carbonyl (C=O) groups is 3. The molecule has 9 nitrogen and oxygen atoms in total. The molecule has 10 heteroatoms. The van der Waals surface area contributed by atoms with Crippen LogP contribution >= 0.6 is 11.8 Å². The number of aromatic nitrogens is 2. The van der Waals surface area contributed by atoms with Gasteiger partial charge in [-0.3, -0.25) is 23.9 Å². The lowest BCUT2D eigenvalue weighted by atomic mass is 10.1. The fourth-order valence-electron chi connectivity index (χ4n) is 3.43. The Morgan fingerprint density at radius 2 is 1.54 bits per heavy atom. The Labute approximate surface area is 207 Å². The van der Waals surface area contributed by atoms with Gasteiger partial charge in [-0.25, -0.2) is 4.68 Å². The molecule has 0 atom stereocenters. The molecular formula is C25H29N5O4S. The SMILES string of the molecule is CCCNC(=O)c1ccccc1NC(=O)CSCC(=O)Nc1c(C)n(C)n(-c2ccccc2)c1=O. The predicted molar refractivity (Wildman–Crippen MR) is 139 cm³/mol. The maximum atomic E-state index is 12.9. The first-order chi connectivity index (χ1) is 16.8. The number of rotatable bonds is 10. The summed E-state index contributed by atoms with van der Waals surface area (Å²) >= 11 is 1.11. The van der Waals surface area contributed by atoms with Crippen molar-refractivity contribution in [2.45, 2.75) is 20.3 Å². The molecule has 1 heterocycles. The summed E-state index contributed by atoms with van der Waals surface area (Å²) in [7, 11) is 1.75. The lowest BCUT2D eigenvalue weighted by Gasteiger charge is -2.11. The van der Waals surface area contributed by atoms with Crippen molar-refractivity contribution in [1.82, 2.24) is 14.7 Å². The molecule has 3 amide bonds. The van der Waals surface area contributed by atoms with Gasteiger partial charge in [0.2, 0.25) is 11.8 Å². The third kappa shape index (κ3) is 6.42. The smallest absolute Gasteiger partial charge is 0.295 e. The van der Waals surface area contributed by atoms with E-state index in [4.69, 9.17) is 0 Å². The van der Waals surface area contributed by atoms with Gasteiger partial charge in [0.25, 0.3) is 11.5 Å². The van der Waals surface area contributed by atoms with E-state index in [1.807, 2.05) is 37.3 Å². The molecule has 0 aliphatic rings. The molecule has 1 aromatic heterocycles. The number of amides is 3. The number of thioether (sulfide) groups is 1. The summed E-state index contributed by atoms with van der Waals surface area (Å²) in [6.45, 7) is 4.26. The minimum absolute atomic E-state index is 0.00877. The van der Waals surface area contributed by atoms with Crippen LogP contribution in [0, 0.1) is 6.92 Å². The van der Waals surface area contributed by atoms with Crippen LogP contribution in [-0.4, -0.2) is 45.1 Å². The zero-order valence-electron chi connectivity index (χ0n) is 20.0. The first kappa shape index (κ1) is 25.8. The number of nitrogens with zero attached hydrogens (tertiary/aromatic N) is 2. The monoisotopic (exact) mass is 495 g/mol. The molecule has 0 radical (unpaired) electrons. The highest BCUT2D eigenvalue weighted by Crippen LogP contribution is 2.17. The van der Waals surface area contributed by atoms with Gasteiger partial charge < -0.3 is 16.0 Å². The van der Waals surface area contributed by atoms with Crippen LogP contribution in [0.15, 0.2) is 59.4 Å². The molecule has 0 saturated carbocycles. The number of hydrogen-bond donors (Lipinski definition) is 3. The van der Waals surface area contributed by atoms with Crippen molar-refractivity contribution in [2.24, 2.45) is 7.05 Å². The van der Waals surface area contributed by atoms with Crippen molar-refractivity contribution < 1.29 is 14.4 Å². The third-order valence-electron chi connectivity index (χ3n) is 5.27. The molecule has 0 saturated heterocycles. The minimum atomic E-state index is -0.381. The first-order valence-electron chi connectivity index (χ1n) is 11.2. The highest BCUT2D eigenvalue weighted by Gasteiger charge is 2.18. The Morgan fingerprint density at radius 3 is 2.23 bits per heavy atom. The Kier molecular flexibility index (Phi) is 8.91. The summed E-state index contributed by atoms with van der Waals surface area (Å²) < 4.78 is 3.17. The summed E-state index contributed by atoms with van der Waals surface area (Å²) in [5.41, 5.74) is 1.98. The highest BCUT2D eigenvalue weighted by molar-refractivity contribution is 8.00. The predicted octanol–water partition coefficient (Wildman–Crippen LogP) is 2.93. The van der Waals surface area contributed by atoms with Gasteiger partial charge >= 0.3 is 0 Å². The quantitative estimate of drug-likeness (QED) is 0.400. The molecule has 3 rings (SSSR count). The van der Waals surface area contributed by atoms with Gasteiger partial charge in [0.15, 0.2) is 0 Å². The summed E-state index contributed by atoms with van der Waals surface area (Å²) in [6, 6.07) is 15.9. The minimum Gasteiger partial charge on any atom is -0.352 e. The van der Waals surface area contributed by atoms with Gasteiger partial charge in [-0.1, -0.05) is 37.3 Å². The number of carbonyl (C=O) groups excluding carboxylic acids is 3. The van der Waals surface area contributed by atoms with E-state index in [9.17, 15) is 19.2 Å². The largest absolute Gasteiger partial charge is 0.352 e. The first-order valence-corrected chi connectivity index (χ1v) is 12.4. The molecule has 184 valence electrons. The lowest BCUT2D eigenvalue weighted by molar-refractivity contribution is -0.114. The van der Waals surface area contributed by atoms with Crippen molar-refractivity contribution >= 4 is 40.9 Å². The zero-order valence-corrected chi connectivity index (χ0v) is 20.8. The van der Waals surface area contributed by atoms with Gasteiger partial charge in [0.1, 0.15) is 5.69 Å². The van der Waals surface area contributed by atoms with Crippen LogP contribution < -0.4 is 21.5 Å². The number of benzene rings is 2. The van der Waals surface area contributed by atoms with Crippen LogP contribution in [-0.2, 0) is 16.6 Å². The van der Waals surface area contributed by atoms with Crippen molar-refractivity contribution in [3.63, 3.8) is 0 Å². The van der Waals surface area contributed by atoms with Gasteiger partial charge in [-0.15, -0.1) is 11.8 Å². The molecule has 3 aromatic rings. The summed E-state index contributed by atoms with van der Waals surface area (Å²) in [5, 5.41) is 8.20. The lowest BCUT2D eigenvalue weighted by Crippen LogP contribution is -2.26. The topological polar surface area (TPSA) is 114 Å². The van der Waals surface area contributed by atoms with Crippen molar-refractivity contribution in [2.75, 3.05) is 28.7 Å². The van der Waals surface area contributed by atoms with Crippen LogP contribution in [0.3, 0.4) is 0 Å². The number of para-hydroxylation sites is 2. The average Bonchev–Trinajstić information content (AvgIpc) is 3.06. The molecule has 0 aliphatic carbocycles. The number of nitrogens with one attached hydrogen (secondary N) is 3. The molecule has 0 unspecified atom stereocenters. The Hall–Kier alpha value is -3.79. The van der Waals surface area contributed by atoms with Crippen LogP contribution in [0.2, 0.25) is 0 Å². The fraction of sp³-hybridized carbons (Fsp3) is 0.280. The number of anilines is 2. The van der Waals surface area contributed by atoms with E-state index in [0.29, 0.717) is 29.2 Å². The van der Waals surface area contributed by atoms with E-state index in [1.54, 1.807) is 42.9 Å². The van der Waals surface area contributed by atoms with Crippen LogP contribution in [0.1, 0.15) is 29.4 Å². The van der Waals surface area contributed by atoms with Gasteiger partial charge in [-0.05, 0) is 37.6 Å². The standard InChI is InChI=1S/C25H29N5O4S/c1-4-14-26-24(33)19-12-8-9-13-20(19)27-21(31)15-35-16-22(32)28-23-17(2)29(3)30(25(23)34)18-10-6-5-7-11-18/h5-13H,4,14-16H2,1-3H3,(H,26,33)(H,27,31)(H,28,32). The van der Waals surface area contributed by atoms with Crippen molar-refractivity contribution in [3.05, 3.63) is 76.2 Å².